The first-order chi connectivity index (χ1) is 5.19. The third-order valence-corrected chi connectivity index (χ3v) is 2.91. The second kappa shape index (κ2) is 3.40. The number of rotatable bonds is 2. The van der Waals surface area contributed by atoms with E-state index in [1.165, 1.54) is 19.3 Å². The SMILES string of the molecule is C=CC[C@@]1(O)CCCC[C@H]1C. The summed E-state index contributed by atoms with van der Waals surface area (Å²) in [6, 6.07) is 0. The summed E-state index contributed by atoms with van der Waals surface area (Å²) in [4.78, 5) is 0. The zero-order valence-corrected chi connectivity index (χ0v) is 7.34. The largest absolute Gasteiger partial charge is 0.389 e. The number of hydrogen-bond acceptors (Lipinski definition) is 1. The van der Waals surface area contributed by atoms with Gasteiger partial charge in [-0.3, -0.25) is 0 Å². The van der Waals surface area contributed by atoms with Crippen LogP contribution in [0.5, 0.6) is 0 Å². The van der Waals surface area contributed by atoms with Crippen molar-refractivity contribution in [1.82, 2.24) is 0 Å². The average molecular weight is 154 g/mol. The lowest BCUT2D eigenvalue weighted by molar-refractivity contribution is -0.0382. The fraction of sp³-hybridized carbons (Fsp3) is 0.800. The molecule has 1 aliphatic carbocycles. The molecule has 1 heteroatoms. The summed E-state index contributed by atoms with van der Waals surface area (Å²) in [7, 11) is 0. The normalized spacial score (nSPS) is 38.5. The summed E-state index contributed by atoms with van der Waals surface area (Å²) in [6.45, 7) is 5.82. The smallest absolute Gasteiger partial charge is 0.0707 e. The zero-order valence-electron chi connectivity index (χ0n) is 7.34. The molecule has 1 nitrogen and oxygen atoms in total. The molecule has 0 spiro atoms. The Balaban J connectivity index is 2.56. The van der Waals surface area contributed by atoms with Gasteiger partial charge in [-0.05, 0) is 25.2 Å². The van der Waals surface area contributed by atoms with Crippen molar-refractivity contribution in [3.05, 3.63) is 12.7 Å². The van der Waals surface area contributed by atoms with E-state index < -0.39 is 5.60 Å². The molecule has 0 saturated heterocycles. The van der Waals surface area contributed by atoms with Gasteiger partial charge >= 0.3 is 0 Å². The van der Waals surface area contributed by atoms with Crippen LogP contribution in [0.2, 0.25) is 0 Å². The molecule has 1 fully saturated rings. The molecule has 1 aliphatic rings. The predicted molar refractivity (Wildman–Crippen MR) is 47.4 cm³/mol. The Hall–Kier alpha value is -0.300. The van der Waals surface area contributed by atoms with E-state index in [1.807, 2.05) is 6.08 Å². The number of hydrogen-bond donors (Lipinski definition) is 1. The van der Waals surface area contributed by atoms with Crippen molar-refractivity contribution in [2.45, 2.75) is 44.6 Å². The van der Waals surface area contributed by atoms with E-state index in [9.17, 15) is 5.11 Å². The van der Waals surface area contributed by atoms with Crippen LogP contribution in [-0.4, -0.2) is 10.7 Å². The number of aliphatic hydroxyl groups is 1. The van der Waals surface area contributed by atoms with E-state index in [4.69, 9.17) is 0 Å². The van der Waals surface area contributed by atoms with Gasteiger partial charge in [0.05, 0.1) is 5.60 Å². The first-order valence-electron chi connectivity index (χ1n) is 4.52. The summed E-state index contributed by atoms with van der Waals surface area (Å²) in [5.41, 5.74) is -0.431. The Labute approximate surface area is 69.1 Å². The van der Waals surface area contributed by atoms with Crippen LogP contribution in [0.4, 0.5) is 0 Å². The van der Waals surface area contributed by atoms with Crippen LogP contribution >= 0.6 is 0 Å². The van der Waals surface area contributed by atoms with Gasteiger partial charge in [-0.2, -0.15) is 0 Å². The minimum atomic E-state index is -0.431. The summed E-state index contributed by atoms with van der Waals surface area (Å²) in [5, 5.41) is 10.1. The molecule has 0 aromatic carbocycles. The summed E-state index contributed by atoms with van der Waals surface area (Å²) >= 11 is 0. The second-order valence-corrected chi connectivity index (χ2v) is 3.74. The second-order valence-electron chi connectivity index (χ2n) is 3.74. The van der Waals surface area contributed by atoms with Gasteiger partial charge < -0.3 is 5.11 Å². The van der Waals surface area contributed by atoms with Crippen molar-refractivity contribution >= 4 is 0 Å². The molecule has 0 heterocycles. The molecule has 11 heavy (non-hydrogen) atoms. The Morgan fingerprint density at radius 1 is 1.64 bits per heavy atom. The monoisotopic (exact) mass is 154 g/mol. The molecule has 0 aromatic rings. The van der Waals surface area contributed by atoms with Gasteiger partial charge in [0.1, 0.15) is 0 Å². The minimum Gasteiger partial charge on any atom is -0.389 e. The molecule has 2 atom stereocenters. The molecule has 1 N–H and O–H groups in total. The topological polar surface area (TPSA) is 20.2 Å². The van der Waals surface area contributed by atoms with E-state index in [-0.39, 0.29) is 0 Å². The molecule has 64 valence electrons. The van der Waals surface area contributed by atoms with Gasteiger partial charge in [-0.15, -0.1) is 6.58 Å². The molecular weight excluding hydrogens is 136 g/mol. The van der Waals surface area contributed by atoms with Crippen LogP contribution in [0.1, 0.15) is 39.0 Å². The molecule has 0 amide bonds. The van der Waals surface area contributed by atoms with E-state index in [0.717, 1.165) is 12.8 Å². The van der Waals surface area contributed by atoms with Gasteiger partial charge in [-0.1, -0.05) is 25.8 Å². The average Bonchev–Trinajstić information content (AvgIpc) is 1.96. The molecule has 0 bridgehead atoms. The highest BCUT2D eigenvalue weighted by molar-refractivity contribution is 4.92. The lowest BCUT2D eigenvalue weighted by Gasteiger charge is -2.37. The first kappa shape index (κ1) is 8.79. The maximum absolute atomic E-state index is 10.1. The van der Waals surface area contributed by atoms with Crippen LogP contribution in [0, 0.1) is 5.92 Å². The molecule has 0 radical (unpaired) electrons. The van der Waals surface area contributed by atoms with Crippen molar-refractivity contribution in [2.24, 2.45) is 5.92 Å². The molecule has 0 aliphatic heterocycles. The van der Waals surface area contributed by atoms with E-state index in [0.29, 0.717) is 5.92 Å². The van der Waals surface area contributed by atoms with Crippen molar-refractivity contribution in [1.29, 1.82) is 0 Å². The molecular formula is C10H18O. The zero-order chi connectivity index (χ0) is 8.32. The lowest BCUT2D eigenvalue weighted by atomic mass is 9.75. The summed E-state index contributed by atoms with van der Waals surface area (Å²) in [5.74, 6) is 0.453. The van der Waals surface area contributed by atoms with Gasteiger partial charge in [0.2, 0.25) is 0 Å². The van der Waals surface area contributed by atoms with Crippen molar-refractivity contribution < 1.29 is 5.11 Å². The highest BCUT2D eigenvalue weighted by atomic mass is 16.3. The van der Waals surface area contributed by atoms with Crippen LogP contribution in [-0.2, 0) is 0 Å². The Morgan fingerprint density at radius 2 is 2.36 bits per heavy atom. The van der Waals surface area contributed by atoms with Crippen molar-refractivity contribution in [2.75, 3.05) is 0 Å². The van der Waals surface area contributed by atoms with Gasteiger partial charge in [0, 0.05) is 0 Å². The van der Waals surface area contributed by atoms with E-state index in [1.54, 1.807) is 0 Å². The van der Waals surface area contributed by atoms with Crippen LogP contribution in [0.25, 0.3) is 0 Å². The first-order valence-corrected chi connectivity index (χ1v) is 4.52. The Kier molecular flexibility index (Phi) is 2.72. The minimum absolute atomic E-state index is 0.431. The van der Waals surface area contributed by atoms with E-state index in [2.05, 4.69) is 13.5 Å². The maximum atomic E-state index is 10.1. The highest BCUT2D eigenvalue weighted by Crippen LogP contribution is 2.35. The molecule has 0 aromatic heterocycles. The van der Waals surface area contributed by atoms with Crippen LogP contribution in [0.15, 0.2) is 12.7 Å². The fourth-order valence-corrected chi connectivity index (χ4v) is 1.95. The van der Waals surface area contributed by atoms with Crippen molar-refractivity contribution in [3.8, 4) is 0 Å². The quantitative estimate of drug-likeness (QED) is 0.606. The highest BCUT2D eigenvalue weighted by Gasteiger charge is 2.34. The Morgan fingerprint density at radius 3 is 2.91 bits per heavy atom. The lowest BCUT2D eigenvalue weighted by Crippen LogP contribution is -2.38. The standard InChI is InChI=1S/C10H18O/c1-3-7-10(11)8-5-4-6-9(10)2/h3,9,11H,1,4-8H2,2H3/t9-,10-/m1/s1. The third-order valence-electron chi connectivity index (χ3n) is 2.91. The van der Waals surface area contributed by atoms with E-state index >= 15 is 0 Å². The third kappa shape index (κ3) is 1.84. The summed E-state index contributed by atoms with van der Waals surface area (Å²) in [6.07, 6.45) is 7.18. The van der Waals surface area contributed by atoms with Crippen molar-refractivity contribution in [3.63, 3.8) is 0 Å². The van der Waals surface area contributed by atoms with Gasteiger partial charge in [0.25, 0.3) is 0 Å². The molecule has 1 rings (SSSR count). The van der Waals surface area contributed by atoms with Crippen LogP contribution in [0.3, 0.4) is 0 Å². The predicted octanol–water partition coefficient (Wildman–Crippen LogP) is 2.50. The van der Waals surface area contributed by atoms with Gasteiger partial charge in [0.15, 0.2) is 0 Å². The molecule has 0 unspecified atom stereocenters. The Bertz CT molecular complexity index is 142. The fourth-order valence-electron chi connectivity index (χ4n) is 1.95. The van der Waals surface area contributed by atoms with Crippen LogP contribution < -0.4 is 0 Å². The van der Waals surface area contributed by atoms with Gasteiger partial charge in [-0.25, -0.2) is 0 Å². The molecule has 1 saturated carbocycles. The maximum Gasteiger partial charge on any atom is 0.0707 e. The summed E-state index contributed by atoms with van der Waals surface area (Å²) < 4.78 is 0.